The van der Waals surface area contributed by atoms with Crippen molar-refractivity contribution in [3.63, 3.8) is 0 Å². The number of hydrogen-bond acceptors (Lipinski definition) is 4. The minimum Gasteiger partial charge on any atom is -0.482 e. The summed E-state index contributed by atoms with van der Waals surface area (Å²) in [7, 11) is 1.30. The van der Waals surface area contributed by atoms with E-state index in [2.05, 4.69) is 10.1 Å². The summed E-state index contributed by atoms with van der Waals surface area (Å²) in [6.45, 7) is 0.00982. The summed E-state index contributed by atoms with van der Waals surface area (Å²) >= 11 is 6.03. The monoisotopic (exact) mass is 372 g/mol. The van der Waals surface area contributed by atoms with Gasteiger partial charge in [0.2, 0.25) is 5.91 Å². The Kier molecular flexibility index (Phi) is 5.43. The van der Waals surface area contributed by atoms with Gasteiger partial charge in [-0.15, -0.1) is 0 Å². The summed E-state index contributed by atoms with van der Waals surface area (Å²) in [5, 5.41) is 4.47. The third-order valence-electron chi connectivity index (χ3n) is 3.77. The molecule has 0 bridgehead atoms. The van der Waals surface area contributed by atoms with Crippen molar-refractivity contribution in [3.05, 3.63) is 59.8 Å². The van der Waals surface area contributed by atoms with Crippen LogP contribution in [0.2, 0.25) is 5.02 Å². The number of nitrogens with zero attached hydrogens (tertiary/aromatic N) is 1. The van der Waals surface area contributed by atoms with Gasteiger partial charge in [0.15, 0.2) is 6.61 Å². The zero-order chi connectivity index (χ0) is 18.5. The van der Waals surface area contributed by atoms with Crippen molar-refractivity contribution in [1.82, 2.24) is 4.57 Å². The van der Waals surface area contributed by atoms with Gasteiger partial charge in [0.25, 0.3) is 0 Å². The summed E-state index contributed by atoms with van der Waals surface area (Å²) < 4.78 is 11.6. The zero-order valence-electron chi connectivity index (χ0n) is 14.1. The number of fused-ring (bicyclic) bond motifs is 1. The van der Waals surface area contributed by atoms with E-state index in [1.807, 2.05) is 35.0 Å². The van der Waals surface area contributed by atoms with Gasteiger partial charge in [-0.3, -0.25) is 4.79 Å². The van der Waals surface area contributed by atoms with Crippen LogP contribution >= 0.6 is 11.6 Å². The molecule has 1 heterocycles. The van der Waals surface area contributed by atoms with Crippen LogP contribution in [0.5, 0.6) is 5.75 Å². The molecule has 0 unspecified atom stereocenters. The second kappa shape index (κ2) is 7.93. The Bertz CT molecular complexity index is 934. The van der Waals surface area contributed by atoms with Crippen molar-refractivity contribution < 1.29 is 19.1 Å². The van der Waals surface area contributed by atoms with E-state index < -0.39 is 5.97 Å². The topological polar surface area (TPSA) is 69.6 Å². The number of amides is 1. The van der Waals surface area contributed by atoms with Gasteiger partial charge in [-0.25, -0.2) is 4.79 Å². The minimum absolute atomic E-state index is 0.161. The molecule has 3 rings (SSSR count). The number of benzene rings is 2. The predicted molar refractivity (Wildman–Crippen MR) is 99.5 cm³/mol. The van der Waals surface area contributed by atoms with Crippen LogP contribution in [0.25, 0.3) is 10.9 Å². The number of nitrogens with one attached hydrogen (secondary N) is 1. The highest BCUT2D eigenvalue weighted by Crippen LogP contribution is 2.21. The first-order valence-corrected chi connectivity index (χ1v) is 8.27. The molecule has 7 heteroatoms. The number of ether oxygens (including phenoxy) is 2. The Morgan fingerprint density at radius 1 is 1.12 bits per heavy atom. The number of anilines is 1. The van der Waals surface area contributed by atoms with Crippen molar-refractivity contribution >= 4 is 40.1 Å². The van der Waals surface area contributed by atoms with Gasteiger partial charge < -0.3 is 19.4 Å². The molecule has 3 aromatic rings. The van der Waals surface area contributed by atoms with Crippen LogP contribution in [0, 0.1) is 0 Å². The molecular weight excluding hydrogens is 356 g/mol. The van der Waals surface area contributed by atoms with E-state index in [1.165, 1.54) is 7.11 Å². The maximum Gasteiger partial charge on any atom is 0.343 e. The Morgan fingerprint density at radius 2 is 1.88 bits per heavy atom. The Morgan fingerprint density at radius 3 is 2.62 bits per heavy atom. The van der Waals surface area contributed by atoms with Crippen molar-refractivity contribution in [2.75, 3.05) is 19.0 Å². The molecule has 1 N–H and O–H groups in total. The molecule has 1 aromatic heterocycles. The lowest BCUT2D eigenvalue weighted by molar-refractivity contribution is -0.142. The third kappa shape index (κ3) is 4.34. The van der Waals surface area contributed by atoms with E-state index in [1.54, 1.807) is 24.3 Å². The number of rotatable bonds is 6. The average molecular weight is 373 g/mol. The van der Waals surface area contributed by atoms with Crippen LogP contribution in [0.3, 0.4) is 0 Å². The Hall–Kier alpha value is -2.99. The van der Waals surface area contributed by atoms with Crippen molar-refractivity contribution in [3.8, 4) is 5.75 Å². The molecule has 0 spiro atoms. The molecule has 134 valence electrons. The first kappa shape index (κ1) is 17.8. The van der Waals surface area contributed by atoms with Gasteiger partial charge in [-0.05, 0) is 47.9 Å². The summed E-state index contributed by atoms with van der Waals surface area (Å²) in [6.07, 6.45) is 1.85. The molecule has 0 atom stereocenters. The highest BCUT2D eigenvalue weighted by Gasteiger charge is 2.08. The van der Waals surface area contributed by atoms with Crippen molar-refractivity contribution in [2.45, 2.75) is 6.54 Å². The van der Waals surface area contributed by atoms with Gasteiger partial charge in [0, 0.05) is 22.4 Å². The quantitative estimate of drug-likeness (QED) is 0.672. The molecule has 0 radical (unpaired) electrons. The van der Waals surface area contributed by atoms with E-state index in [0.717, 1.165) is 10.9 Å². The summed E-state index contributed by atoms with van der Waals surface area (Å²) in [6, 6.07) is 14.2. The SMILES string of the molecule is COC(=O)COc1ccc(NC(=O)Cn2ccc3ccc(Cl)cc32)cc1. The third-order valence-corrected chi connectivity index (χ3v) is 4.01. The second-order valence-electron chi connectivity index (χ2n) is 5.58. The van der Waals surface area contributed by atoms with Crippen molar-refractivity contribution in [2.24, 2.45) is 0 Å². The fourth-order valence-electron chi connectivity index (χ4n) is 2.49. The number of carbonyl (C=O) groups excluding carboxylic acids is 2. The predicted octanol–water partition coefficient (Wildman–Crippen LogP) is 3.49. The molecule has 1 amide bonds. The first-order valence-electron chi connectivity index (χ1n) is 7.89. The van der Waals surface area contributed by atoms with Crippen LogP contribution in [0.4, 0.5) is 5.69 Å². The normalized spacial score (nSPS) is 10.5. The van der Waals surface area contributed by atoms with Crippen LogP contribution in [0.1, 0.15) is 0 Å². The van der Waals surface area contributed by atoms with E-state index in [9.17, 15) is 9.59 Å². The molecule has 0 aliphatic heterocycles. The maximum absolute atomic E-state index is 12.3. The fourth-order valence-corrected chi connectivity index (χ4v) is 2.65. The molecule has 0 aliphatic rings. The first-order chi connectivity index (χ1) is 12.5. The van der Waals surface area contributed by atoms with Crippen molar-refractivity contribution in [1.29, 1.82) is 0 Å². The Labute approximate surface area is 155 Å². The molecule has 26 heavy (non-hydrogen) atoms. The van der Waals surface area contributed by atoms with Crippen LogP contribution < -0.4 is 10.1 Å². The van der Waals surface area contributed by atoms with Gasteiger partial charge in [-0.2, -0.15) is 0 Å². The molecule has 0 saturated heterocycles. The van der Waals surface area contributed by atoms with E-state index in [4.69, 9.17) is 16.3 Å². The summed E-state index contributed by atoms with van der Waals surface area (Å²) in [4.78, 5) is 23.3. The molecular formula is C19H17ClN2O4. The lowest BCUT2D eigenvalue weighted by Crippen LogP contribution is -2.18. The fraction of sp³-hybridized carbons (Fsp3) is 0.158. The summed E-state index contributed by atoms with van der Waals surface area (Å²) in [5.74, 6) is -0.105. The van der Waals surface area contributed by atoms with Gasteiger partial charge >= 0.3 is 5.97 Å². The van der Waals surface area contributed by atoms with Gasteiger partial charge in [0.05, 0.1) is 7.11 Å². The molecule has 0 saturated carbocycles. The number of carbonyl (C=O) groups is 2. The molecule has 0 aliphatic carbocycles. The van der Waals surface area contributed by atoms with Gasteiger partial charge in [-0.1, -0.05) is 17.7 Å². The minimum atomic E-state index is -0.457. The zero-order valence-corrected chi connectivity index (χ0v) is 14.8. The highest BCUT2D eigenvalue weighted by molar-refractivity contribution is 6.31. The average Bonchev–Trinajstić information content (AvgIpc) is 3.02. The second-order valence-corrected chi connectivity index (χ2v) is 6.02. The number of methoxy groups -OCH3 is 1. The molecule has 0 fully saturated rings. The molecule has 6 nitrogen and oxygen atoms in total. The van der Waals surface area contributed by atoms with Crippen LogP contribution in [0.15, 0.2) is 54.7 Å². The largest absolute Gasteiger partial charge is 0.482 e. The van der Waals surface area contributed by atoms with E-state index in [-0.39, 0.29) is 19.1 Å². The van der Waals surface area contributed by atoms with E-state index in [0.29, 0.717) is 16.5 Å². The lowest BCUT2D eigenvalue weighted by atomic mass is 10.2. The lowest BCUT2D eigenvalue weighted by Gasteiger charge is -2.09. The van der Waals surface area contributed by atoms with Gasteiger partial charge in [0.1, 0.15) is 12.3 Å². The standard InChI is InChI=1S/C19H17ClN2O4/c1-25-19(24)12-26-16-6-4-15(5-7-16)21-18(23)11-22-9-8-13-2-3-14(20)10-17(13)22/h2-10H,11-12H2,1H3,(H,21,23). The number of esters is 1. The van der Waals surface area contributed by atoms with Crippen LogP contribution in [-0.4, -0.2) is 30.2 Å². The number of hydrogen-bond donors (Lipinski definition) is 1. The maximum atomic E-state index is 12.3. The highest BCUT2D eigenvalue weighted by atomic mass is 35.5. The van der Waals surface area contributed by atoms with Crippen LogP contribution in [-0.2, 0) is 20.9 Å². The van der Waals surface area contributed by atoms with E-state index >= 15 is 0 Å². The Balaban J connectivity index is 1.60. The number of aromatic nitrogens is 1. The molecule has 2 aromatic carbocycles. The number of halogens is 1. The summed E-state index contributed by atoms with van der Waals surface area (Å²) in [5.41, 5.74) is 1.54. The smallest absolute Gasteiger partial charge is 0.343 e.